The van der Waals surface area contributed by atoms with E-state index in [1.165, 1.54) is 0 Å². The molecule has 4 nitrogen and oxygen atoms in total. The Morgan fingerprint density at radius 1 is 1.27 bits per heavy atom. The van der Waals surface area contributed by atoms with Crippen molar-refractivity contribution < 1.29 is 9.63 Å². The lowest BCUT2D eigenvalue weighted by molar-refractivity contribution is 0.423. The maximum atomic E-state index is 9.13. The minimum atomic E-state index is 0.237. The molecular weight excluding hydrogens is 192 g/mol. The Bertz CT molecular complexity index is 434. The zero-order valence-corrected chi connectivity index (χ0v) is 8.18. The molecule has 78 valence electrons. The summed E-state index contributed by atoms with van der Waals surface area (Å²) in [5.41, 5.74) is 7.15. The van der Waals surface area contributed by atoms with Gasteiger partial charge in [-0.2, -0.15) is 0 Å². The van der Waals surface area contributed by atoms with Crippen LogP contribution in [0.2, 0.25) is 0 Å². The maximum absolute atomic E-state index is 9.13. The largest absolute Gasteiger partial charge is 0.508 e. The second kappa shape index (κ2) is 4.14. The monoisotopic (exact) mass is 204 g/mol. The normalized spacial score (nSPS) is 10.5. The highest BCUT2D eigenvalue weighted by atomic mass is 16.5. The van der Waals surface area contributed by atoms with E-state index in [-0.39, 0.29) is 5.75 Å². The van der Waals surface area contributed by atoms with E-state index in [1.807, 2.05) is 6.07 Å². The number of benzene rings is 1. The first-order chi connectivity index (χ1) is 7.29. The summed E-state index contributed by atoms with van der Waals surface area (Å²) >= 11 is 0. The second-order valence-electron chi connectivity index (χ2n) is 3.27. The number of nitrogens with two attached hydrogens (primary N) is 1. The third kappa shape index (κ3) is 2.16. The Labute approximate surface area is 87.3 Å². The van der Waals surface area contributed by atoms with Gasteiger partial charge in [-0.25, -0.2) is 0 Å². The van der Waals surface area contributed by atoms with Gasteiger partial charge < -0.3 is 15.4 Å². The summed E-state index contributed by atoms with van der Waals surface area (Å²) in [4.78, 5) is 0. The Kier molecular flexibility index (Phi) is 2.69. The van der Waals surface area contributed by atoms with Crippen LogP contribution in [0, 0.1) is 0 Å². The van der Waals surface area contributed by atoms with Crippen molar-refractivity contribution in [3.05, 3.63) is 36.0 Å². The van der Waals surface area contributed by atoms with E-state index in [4.69, 9.17) is 15.4 Å². The number of aromatic nitrogens is 1. The topological polar surface area (TPSA) is 72.3 Å². The summed E-state index contributed by atoms with van der Waals surface area (Å²) in [7, 11) is 0. The predicted molar refractivity (Wildman–Crippen MR) is 56.4 cm³/mol. The minimum Gasteiger partial charge on any atom is -0.508 e. The van der Waals surface area contributed by atoms with E-state index in [1.54, 1.807) is 24.3 Å². The van der Waals surface area contributed by atoms with Gasteiger partial charge in [-0.1, -0.05) is 5.16 Å². The lowest BCUT2D eigenvalue weighted by Crippen LogP contribution is -2.02. The van der Waals surface area contributed by atoms with Crippen LogP contribution in [0.15, 0.2) is 34.9 Å². The Morgan fingerprint density at radius 3 is 2.67 bits per heavy atom. The van der Waals surface area contributed by atoms with Crippen LogP contribution in [0.3, 0.4) is 0 Å². The molecule has 0 fully saturated rings. The summed E-state index contributed by atoms with van der Waals surface area (Å²) in [5.74, 6) is 0.930. The van der Waals surface area contributed by atoms with Gasteiger partial charge in [0.25, 0.3) is 0 Å². The molecule has 0 atom stereocenters. The van der Waals surface area contributed by atoms with E-state index in [9.17, 15) is 0 Å². The number of hydrogen-bond donors (Lipinski definition) is 2. The molecule has 0 aliphatic carbocycles. The van der Waals surface area contributed by atoms with Crippen molar-refractivity contribution >= 4 is 0 Å². The van der Waals surface area contributed by atoms with Gasteiger partial charge in [0.1, 0.15) is 5.75 Å². The molecule has 4 heteroatoms. The molecule has 2 aromatic rings. The molecule has 0 radical (unpaired) electrons. The van der Waals surface area contributed by atoms with Crippen LogP contribution in [0.5, 0.6) is 5.75 Å². The fourth-order valence-corrected chi connectivity index (χ4v) is 1.34. The molecule has 0 unspecified atom stereocenters. The molecule has 0 saturated heterocycles. The lowest BCUT2D eigenvalue weighted by Gasteiger charge is -1.94. The molecule has 0 aliphatic rings. The second-order valence-corrected chi connectivity index (χ2v) is 3.27. The highest BCUT2D eigenvalue weighted by molar-refractivity contribution is 5.58. The average Bonchev–Trinajstić information content (AvgIpc) is 2.68. The fourth-order valence-electron chi connectivity index (χ4n) is 1.34. The standard InChI is InChI=1S/C11H12N2O2/c12-6-5-9-7-11(15-13-9)8-1-3-10(14)4-2-8/h1-4,7,14H,5-6,12H2. The van der Waals surface area contributed by atoms with Gasteiger partial charge in [0.2, 0.25) is 0 Å². The number of phenolic OH excluding ortho intramolecular Hbond substituents is 1. The van der Waals surface area contributed by atoms with Gasteiger partial charge in [0, 0.05) is 18.1 Å². The third-order valence-corrected chi connectivity index (χ3v) is 2.11. The fraction of sp³-hybridized carbons (Fsp3) is 0.182. The van der Waals surface area contributed by atoms with E-state index in [0.717, 1.165) is 11.3 Å². The summed E-state index contributed by atoms with van der Waals surface area (Å²) in [6.07, 6.45) is 0.710. The Hall–Kier alpha value is -1.81. The highest BCUT2D eigenvalue weighted by Gasteiger charge is 2.05. The molecule has 1 heterocycles. The van der Waals surface area contributed by atoms with E-state index >= 15 is 0 Å². The molecular formula is C11H12N2O2. The molecule has 0 bridgehead atoms. The highest BCUT2D eigenvalue weighted by Crippen LogP contribution is 2.22. The summed E-state index contributed by atoms with van der Waals surface area (Å²) < 4.78 is 5.16. The number of rotatable bonds is 3. The van der Waals surface area contributed by atoms with Crippen molar-refractivity contribution in [2.45, 2.75) is 6.42 Å². The van der Waals surface area contributed by atoms with Crippen LogP contribution < -0.4 is 5.73 Å². The maximum Gasteiger partial charge on any atom is 0.167 e. The van der Waals surface area contributed by atoms with Crippen molar-refractivity contribution in [3.8, 4) is 17.1 Å². The van der Waals surface area contributed by atoms with Crippen LogP contribution in [-0.4, -0.2) is 16.8 Å². The van der Waals surface area contributed by atoms with Crippen molar-refractivity contribution in [2.75, 3.05) is 6.54 Å². The van der Waals surface area contributed by atoms with Crippen LogP contribution in [0.1, 0.15) is 5.69 Å². The number of aromatic hydroxyl groups is 1. The van der Waals surface area contributed by atoms with Gasteiger partial charge in [-0.05, 0) is 30.8 Å². The average molecular weight is 204 g/mol. The molecule has 0 aliphatic heterocycles. The first-order valence-corrected chi connectivity index (χ1v) is 4.74. The first-order valence-electron chi connectivity index (χ1n) is 4.74. The summed E-state index contributed by atoms with van der Waals surface area (Å²) in [6.45, 7) is 0.557. The van der Waals surface area contributed by atoms with E-state index in [2.05, 4.69) is 5.16 Å². The lowest BCUT2D eigenvalue weighted by atomic mass is 10.1. The van der Waals surface area contributed by atoms with Gasteiger partial charge in [0.15, 0.2) is 5.76 Å². The van der Waals surface area contributed by atoms with Crippen LogP contribution >= 0.6 is 0 Å². The quantitative estimate of drug-likeness (QED) is 0.795. The molecule has 15 heavy (non-hydrogen) atoms. The number of nitrogens with zero attached hydrogens (tertiary/aromatic N) is 1. The van der Waals surface area contributed by atoms with Gasteiger partial charge >= 0.3 is 0 Å². The minimum absolute atomic E-state index is 0.237. The van der Waals surface area contributed by atoms with Gasteiger partial charge in [0.05, 0.1) is 5.69 Å². The molecule has 1 aromatic heterocycles. The smallest absolute Gasteiger partial charge is 0.167 e. The number of hydrogen-bond acceptors (Lipinski definition) is 4. The van der Waals surface area contributed by atoms with Crippen LogP contribution in [-0.2, 0) is 6.42 Å². The first kappa shape index (κ1) is 9.73. The van der Waals surface area contributed by atoms with Crippen molar-refractivity contribution in [1.82, 2.24) is 5.16 Å². The van der Waals surface area contributed by atoms with Crippen molar-refractivity contribution in [2.24, 2.45) is 5.73 Å². The Morgan fingerprint density at radius 2 is 2.00 bits per heavy atom. The van der Waals surface area contributed by atoms with E-state index < -0.39 is 0 Å². The molecule has 0 saturated carbocycles. The van der Waals surface area contributed by atoms with Crippen molar-refractivity contribution in [1.29, 1.82) is 0 Å². The van der Waals surface area contributed by atoms with Crippen LogP contribution in [0.25, 0.3) is 11.3 Å². The van der Waals surface area contributed by atoms with Crippen LogP contribution in [0.4, 0.5) is 0 Å². The molecule has 3 N–H and O–H groups in total. The summed E-state index contributed by atoms with van der Waals surface area (Å²) in [5, 5.41) is 13.0. The van der Waals surface area contributed by atoms with Gasteiger partial charge in [-0.15, -0.1) is 0 Å². The summed E-state index contributed by atoms with van der Waals surface area (Å²) in [6, 6.07) is 8.64. The third-order valence-electron chi connectivity index (χ3n) is 2.11. The SMILES string of the molecule is NCCc1cc(-c2ccc(O)cc2)on1. The zero-order chi connectivity index (χ0) is 10.7. The molecule has 0 spiro atoms. The zero-order valence-electron chi connectivity index (χ0n) is 8.18. The molecule has 2 rings (SSSR count). The van der Waals surface area contributed by atoms with E-state index in [0.29, 0.717) is 18.7 Å². The Balaban J connectivity index is 2.25. The van der Waals surface area contributed by atoms with Gasteiger partial charge in [-0.3, -0.25) is 0 Å². The molecule has 1 aromatic carbocycles. The van der Waals surface area contributed by atoms with Crippen molar-refractivity contribution in [3.63, 3.8) is 0 Å². The number of phenols is 1. The predicted octanol–water partition coefficient (Wildman–Crippen LogP) is 1.55. The molecule has 0 amide bonds.